The van der Waals surface area contributed by atoms with Crippen LogP contribution >= 0.6 is 0 Å². The SMILES string of the molecule is CNCc1cc2ccccc2n1Cc1ccccc1F. The molecule has 3 rings (SSSR count). The molecule has 0 saturated carbocycles. The van der Waals surface area contributed by atoms with Crippen LogP contribution < -0.4 is 5.32 Å². The van der Waals surface area contributed by atoms with Crippen LogP contribution in [0.25, 0.3) is 10.9 Å². The lowest BCUT2D eigenvalue weighted by Crippen LogP contribution is -2.12. The largest absolute Gasteiger partial charge is 0.339 e. The van der Waals surface area contributed by atoms with Crippen LogP contribution in [0, 0.1) is 5.82 Å². The molecule has 0 radical (unpaired) electrons. The molecule has 0 amide bonds. The molecule has 0 atom stereocenters. The molecule has 0 aliphatic carbocycles. The second-order valence-electron chi connectivity index (χ2n) is 4.90. The van der Waals surface area contributed by atoms with Crippen molar-refractivity contribution in [3.8, 4) is 0 Å². The molecule has 0 unspecified atom stereocenters. The highest BCUT2D eigenvalue weighted by Gasteiger charge is 2.10. The van der Waals surface area contributed by atoms with Gasteiger partial charge < -0.3 is 9.88 Å². The van der Waals surface area contributed by atoms with E-state index in [9.17, 15) is 4.39 Å². The molecular formula is C17H17FN2. The first-order valence-electron chi connectivity index (χ1n) is 6.75. The van der Waals surface area contributed by atoms with Gasteiger partial charge in [0.2, 0.25) is 0 Å². The van der Waals surface area contributed by atoms with Crippen molar-refractivity contribution in [1.82, 2.24) is 9.88 Å². The number of nitrogens with zero attached hydrogens (tertiary/aromatic N) is 1. The van der Waals surface area contributed by atoms with E-state index in [-0.39, 0.29) is 5.82 Å². The highest BCUT2D eigenvalue weighted by atomic mass is 19.1. The lowest BCUT2D eigenvalue weighted by atomic mass is 10.2. The average Bonchev–Trinajstić information content (AvgIpc) is 2.80. The molecule has 102 valence electrons. The van der Waals surface area contributed by atoms with E-state index in [2.05, 4.69) is 28.1 Å². The molecule has 3 aromatic rings. The number of benzene rings is 2. The van der Waals surface area contributed by atoms with Crippen molar-refractivity contribution < 1.29 is 4.39 Å². The van der Waals surface area contributed by atoms with E-state index in [1.165, 1.54) is 11.5 Å². The van der Waals surface area contributed by atoms with E-state index >= 15 is 0 Å². The van der Waals surface area contributed by atoms with Crippen molar-refractivity contribution in [2.75, 3.05) is 7.05 Å². The molecule has 0 aliphatic rings. The standard InChI is InChI=1S/C17H17FN2/c1-19-11-15-10-13-6-3-5-9-17(13)20(15)12-14-7-2-4-8-16(14)18/h2-10,19H,11-12H2,1H3. The first-order chi connectivity index (χ1) is 9.79. The van der Waals surface area contributed by atoms with Gasteiger partial charge in [0.15, 0.2) is 0 Å². The van der Waals surface area contributed by atoms with Gasteiger partial charge in [-0.1, -0.05) is 36.4 Å². The molecule has 1 N–H and O–H groups in total. The minimum Gasteiger partial charge on any atom is -0.339 e. The summed E-state index contributed by atoms with van der Waals surface area (Å²) >= 11 is 0. The lowest BCUT2D eigenvalue weighted by Gasteiger charge is -2.11. The van der Waals surface area contributed by atoms with Crippen molar-refractivity contribution >= 4 is 10.9 Å². The maximum atomic E-state index is 13.9. The number of hydrogen-bond donors (Lipinski definition) is 1. The fourth-order valence-electron chi connectivity index (χ4n) is 2.58. The molecule has 0 fully saturated rings. The van der Waals surface area contributed by atoms with Crippen LogP contribution in [-0.4, -0.2) is 11.6 Å². The second kappa shape index (κ2) is 5.47. The molecule has 2 aromatic carbocycles. The third kappa shape index (κ3) is 2.32. The summed E-state index contributed by atoms with van der Waals surface area (Å²) in [5.74, 6) is -0.152. The average molecular weight is 268 g/mol. The van der Waals surface area contributed by atoms with E-state index in [4.69, 9.17) is 0 Å². The van der Waals surface area contributed by atoms with Gasteiger partial charge in [-0.2, -0.15) is 0 Å². The van der Waals surface area contributed by atoms with E-state index in [1.54, 1.807) is 6.07 Å². The van der Waals surface area contributed by atoms with Crippen molar-refractivity contribution in [3.05, 3.63) is 71.7 Å². The van der Waals surface area contributed by atoms with E-state index in [0.29, 0.717) is 12.1 Å². The van der Waals surface area contributed by atoms with Gasteiger partial charge in [0.05, 0.1) is 6.54 Å². The van der Waals surface area contributed by atoms with Gasteiger partial charge in [-0.3, -0.25) is 0 Å². The summed E-state index contributed by atoms with van der Waals surface area (Å²) in [5, 5.41) is 4.36. The minimum absolute atomic E-state index is 0.152. The Morgan fingerprint density at radius 2 is 1.80 bits per heavy atom. The summed E-state index contributed by atoms with van der Waals surface area (Å²) in [7, 11) is 1.92. The number of rotatable bonds is 4. The Morgan fingerprint density at radius 1 is 1.05 bits per heavy atom. The molecule has 2 nitrogen and oxygen atoms in total. The van der Waals surface area contributed by atoms with Crippen molar-refractivity contribution in [2.45, 2.75) is 13.1 Å². The van der Waals surface area contributed by atoms with Crippen LogP contribution in [0.5, 0.6) is 0 Å². The molecule has 0 saturated heterocycles. The highest BCUT2D eigenvalue weighted by Crippen LogP contribution is 2.22. The summed E-state index contributed by atoms with van der Waals surface area (Å²) in [4.78, 5) is 0. The number of aromatic nitrogens is 1. The molecule has 3 heteroatoms. The van der Waals surface area contributed by atoms with Crippen LogP contribution in [0.3, 0.4) is 0 Å². The fourth-order valence-corrected chi connectivity index (χ4v) is 2.58. The lowest BCUT2D eigenvalue weighted by molar-refractivity contribution is 0.596. The Hall–Kier alpha value is -2.13. The monoisotopic (exact) mass is 268 g/mol. The Labute approximate surface area is 117 Å². The number of hydrogen-bond acceptors (Lipinski definition) is 1. The predicted molar refractivity (Wildman–Crippen MR) is 80.2 cm³/mol. The smallest absolute Gasteiger partial charge is 0.128 e. The Kier molecular flexibility index (Phi) is 3.52. The number of halogens is 1. The number of para-hydroxylation sites is 1. The third-order valence-corrected chi connectivity index (χ3v) is 3.54. The molecule has 1 heterocycles. The Bertz CT molecular complexity index is 731. The van der Waals surface area contributed by atoms with Crippen LogP contribution in [0.1, 0.15) is 11.3 Å². The summed E-state index contributed by atoms with van der Waals surface area (Å²) in [6, 6.07) is 17.3. The van der Waals surface area contributed by atoms with E-state index in [0.717, 1.165) is 17.8 Å². The van der Waals surface area contributed by atoms with Crippen molar-refractivity contribution in [1.29, 1.82) is 0 Å². The molecule has 20 heavy (non-hydrogen) atoms. The zero-order chi connectivity index (χ0) is 13.9. The number of fused-ring (bicyclic) bond motifs is 1. The highest BCUT2D eigenvalue weighted by molar-refractivity contribution is 5.81. The molecule has 0 spiro atoms. The summed E-state index contributed by atoms with van der Waals surface area (Å²) in [6.45, 7) is 1.32. The predicted octanol–water partition coefficient (Wildman–Crippen LogP) is 3.55. The Morgan fingerprint density at radius 3 is 2.60 bits per heavy atom. The van der Waals surface area contributed by atoms with Gasteiger partial charge in [0.25, 0.3) is 0 Å². The van der Waals surface area contributed by atoms with Crippen molar-refractivity contribution in [3.63, 3.8) is 0 Å². The molecule has 1 aromatic heterocycles. The van der Waals surface area contributed by atoms with Crippen LogP contribution in [0.15, 0.2) is 54.6 Å². The fraction of sp³-hybridized carbons (Fsp3) is 0.176. The zero-order valence-corrected chi connectivity index (χ0v) is 11.4. The summed E-state index contributed by atoms with van der Waals surface area (Å²) < 4.78 is 16.0. The van der Waals surface area contributed by atoms with Crippen LogP contribution in [-0.2, 0) is 13.1 Å². The molecular weight excluding hydrogens is 251 g/mol. The molecule has 0 bridgehead atoms. The van der Waals surface area contributed by atoms with Gasteiger partial charge in [0.1, 0.15) is 5.82 Å². The van der Waals surface area contributed by atoms with Crippen LogP contribution in [0.2, 0.25) is 0 Å². The maximum Gasteiger partial charge on any atom is 0.128 e. The van der Waals surface area contributed by atoms with E-state index < -0.39 is 0 Å². The first kappa shape index (κ1) is 12.9. The topological polar surface area (TPSA) is 17.0 Å². The van der Waals surface area contributed by atoms with Crippen molar-refractivity contribution in [2.24, 2.45) is 0 Å². The minimum atomic E-state index is -0.152. The number of nitrogens with one attached hydrogen (secondary N) is 1. The van der Waals surface area contributed by atoms with Gasteiger partial charge in [-0.15, -0.1) is 0 Å². The normalized spacial score (nSPS) is 11.1. The zero-order valence-electron chi connectivity index (χ0n) is 11.4. The van der Waals surface area contributed by atoms with Gasteiger partial charge in [-0.25, -0.2) is 4.39 Å². The summed E-state index contributed by atoms with van der Waals surface area (Å²) in [5.41, 5.74) is 3.02. The van der Waals surface area contributed by atoms with Gasteiger partial charge in [-0.05, 0) is 30.6 Å². The van der Waals surface area contributed by atoms with E-state index in [1.807, 2.05) is 31.3 Å². The van der Waals surface area contributed by atoms with Gasteiger partial charge >= 0.3 is 0 Å². The Balaban J connectivity index is 2.09. The van der Waals surface area contributed by atoms with Gasteiger partial charge in [0, 0.05) is 23.3 Å². The van der Waals surface area contributed by atoms with Crippen LogP contribution in [0.4, 0.5) is 4.39 Å². The maximum absolute atomic E-state index is 13.9. The quantitative estimate of drug-likeness (QED) is 0.765. The second-order valence-corrected chi connectivity index (χ2v) is 4.90. The summed E-state index contributed by atoms with van der Waals surface area (Å²) in [6.07, 6.45) is 0. The first-order valence-corrected chi connectivity index (χ1v) is 6.75. The molecule has 0 aliphatic heterocycles. The third-order valence-electron chi connectivity index (χ3n) is 3.54.